The summed E-state index contributed by atoms with van der Waals surface area (Å²) in [6.45, 7) is 9.41. The van der Waals surface area contributed by atoms with E-state index in [1.165, 1.54) is 10.9 Å². The summed E-state index contributed by atoms with van der Waals surface area (Å²) in [7, 11) is -1.08. The Bertz CT molecular complexity index is 440. The summed E-state index contributed by atoms with van der Waals surface area (Å²) < 4.78 is 6.76. The first-order valence-electron chi connectivity index (χ1n) is 5.61. The van der Waals surface area contributed by atoms with Crippen LogP contribution >= 0.6 is 11.6 Å². The third-order valence-electron chi connectivity index (χ3n) is 2.43. The van der Waals surface area contributed by atoms with Gasteiger partial charge in [-0.25, -0.2) is 4.68 Å². The normalized spacial score (nSPS) is 11.8. The van der Waals surface area contributed by atoms with Crippen molar-refractivity contribution in [2.24, 2.45) is 0 Å². The van der Waals surface area contributed by atoms with Gasteiger partial charge in [-0.15, -0.1) is 0 Å². The quantitative estimate of drug-likeness (QED) is 0.612. The molecule has 6 heteroatoms. The summed E-state index contributed by atoms with van der Waals surface area (Å²) in [6.07, 6.45) is 1.47. The van der Waals surface area contributed by atoms with E-state index < -0.39 is 8.07 Å². The van der Waals surface area contributed by atoms with E-state index in [0.717, 1.165) is 6.04 Å². The lowest BCUT2D eigenvalue weighted by molar-refractivity contribution is 0.0748. The maximum atomic E-state index is 11.7. The van der Waals surface area contributed by atoms with Crippen molar-refractivity contribution < 1.29 is 4.74 Å². The number of rotatable bonds is 5. The first-order chi connectivity index (χ1) is 7.81. The molecule has 0 aliphatic heterocycles. The summed E-state index contributed by atoms with van der Waals surface area (Å²) in [5, 5.41) is 4.33. The predicted molar refractivity (Wildman–Crippen MR) is 72.3 cm³/mol. The van der Waals surface area contributed by atoms with Gasteiger partial charge in [-0.05, 0) is 13.0 Å². The van der Waals surface area contributed by atoms with Crippen LogP contribution in [0.3, 0.4) is 0 Å². The monoisotopic (exact) mass is 274 g/mol. The molecule has 0 saturated heterocycles. The van der Waals surface area contributed by atoms with Crippen LogP contribution in [0.4, 0.5) is 0 Å². The number of hydrogen-bond acceptors (Lipinski definition) is 3. The first kappa shape index (κ1) is 14.4. The second-order valence-corrected chi connectivity index (χ2v) is 11.3. The smallest absolute Gasteiger partial charge is 0.273 e. The van der Waals surface area contributed by atoms with E-state index in [0.29, 0.717) is 17.2 Å². The van der Waals surface area contributed by atoms with Gasteiger partial charge in [0.05, 0.1) is 11.2 Å². The van der Waals surface area contributed by atoms with Crippen LogP contribution in [0.15, 0.2) is 11.0 Å². The standard InChI is InChI=1S/C11H19ClN2O2Si/c1-9-10(12)7-13-14(11(9)15)8-16-5-6-17(2,3)4/h7H,5-6,8H2,1-4H3. The molecule has 1 heterocycles. The molecule has 0 aromatic carbocycles. The highest BCUT2D eigenvalue weighted by atomic mass is 35.5. The topological polar surface area (TPSA) is 44.1 Å². The average molecular weight is 275 g/mol. The fourth-order valence-electron chi connectivity index (χ4n) is 1.19. The van der Waals surface area contributed by atoms with Crippen molar-refractivity contribution >= 4 is 19.7 Å². The summed E-state index contributed by atoms with van der Waals surface area (Å²) in [5.74, 6) is 0. The molecule has 17 heavy (non-hydrogen) atoms. The minimum absolute atomic E-state index is 0.189. The van der Waals surface area contributed by atoms with Crippen LogP contribution in [0.2, 0.25) is 30.7 Å². The Morgan fingerprint density at radius 3 is 2.71 bits per heavy atom. The molecular formula is C11H19ClN2O2Si. The summed E-state index contributed by atoms with van der Waals surface area (Å²) in [4.78, 5) is 11.7. The lowest BCUT2D eigenvalue weighted by Crippen LogP contribution is -2.27. The number of nitrogens with zero attached hydrogens (tertiary/aromatic N) is 2. The van der Waals surface area contributed by atoms with E-state index in [-0.39, 0.29) is 12.3 Å². The Morgan fingerprint density at radius 2 is 2.12 bits per heavy atom. The van der Waals surface area contributed by atoms with Gasteiger partial charge in [-0.1, -0.05) is 31.2 Å². The van der Waals surface area contributed by atoms with E-state index in [1.54, 1.807) is 6.92 Å². The minimum atomic E-state index is -1.08. The number of ether oxygens (including phenoxy) is 1. The molecule has 0 bridgehead atoms. The Labute approximate surface area is 108 Å². The SMILES string of the molecule is Cc1c(Cl)cnn(COCC[Si](C)(C)C)c1=O. The van der Waals surface area contributed by atoms with Crippen LogP contribution < -0.4 is 5.56 Å². The van der Waals surface area contributed by atoms with Gasteiger partial charge in [0, 0.05) is 20.2 Å². The van der Waals surface area contributed by atoms with E-state index in [9.17, 15) is 4.79 Å². The van der Waals surface area contributed by atoms with Gasteiger partial charge in [0.25, 0.3) is 5.56 Å². The second-order valence-electron chi connectivity index (χ2n) is 5.27. The van der Waals surface area contributed by atoms with Gasteiger partial charge >= 0.3 is 0 Å². The molecule has 1 aromatic rings. The van der Waals surface area contributed by atoms with Crippen LogP contribution in [0.5, 0.6) is 0 Å². The molecular weight excluding hydrogens is 256 g/mol. The maximum Gasteiger partial charge on any atom is 0.273 e. The molecule has 0 spiro atoms. The molecule has 0 amide bonds. The Kier molecular flexibility index (Phi) is 4.91. The lowest BCUT2D eigenvalue weighted by atomic mass is 10.3. The molecule has 0 N–H and O–H groups in total. The maximum absolute atomic E-state index is 11.7. The predicted octanol–water partition coefficient (Wildman–Crippen LogP) is 2.52. The van der Waals surface area contributed by atoms with Gasteiger partial charge in [0.2, 0.25) is 0 Å². The molecule has 0 aliphatic rings. The zero-order valence-electron chi connectivity index (χ0n) is 10.8. The van der Waals surface area contributed by atoms with Gasteiger partial charge < -0.3 is 4.74 Å². The van der Waals surface area contributed by atoms with Crippen molar-refractivity contribution in [1.82, 2.24) is 9.78 Å². The Hall–Kier alpha value is -0.653. The largest absolute Gasteiger partial charge is 0.359 e. The van der Waals surface area contributed by atoms with Crippen molar-refractivity contribution in [1.29, 1.82) is 0 Å². The van der Waals surface area contributed by atoms with E-state index >= 15 is 0 Å². The van der Waals surface area contributed by atoms with Gasteiger partial charge in [-0.2, -0.15) is 5.10 Å². The van der Waals surface area contributed by atoms with E-state index in [1.807, 2.05) is 0 Å². The highest BCUT2D eigenvalue weighted by molar-refractivity contribution is 6.76. The number of aromatic nitrogens is 2. The highest BCUT2D eigenvalue weighted by Gasteiger charge is 2.12. The van der Waals surface area contributed by atoms with Crippen LogP contribution in [-0.2, 0) is 11.5 Å². The van der Waals surface area contributed by atoms with E-state index in [2.05, 4.69) is 24.7 Å². The summed E-state index contributed by atoms with van der Waals surface area (Å²) >= 11 is 5.80. The molecule has 0 radical (unpaired) electrons. The fourth-order valence-corrected chi connectivity index (χ4v) is 2.07. The second kappa shape index (κ2) is 5.80. The van der Waals surface area contributed by atoms with Crippen LogP contribution in [0, 0.1) is 6.92 Å². The van der Waals surface area contributed by atoms with Gasteiger partial charge in [0.15, 0.2) is 0 Å². The minimum Gasteiger partial charge on any atom is -0.359 e. The Balaban J connectivity index is 2.54. The fraction of sp³-hybridized carbons (Fsp3) is 0.636. The molecule has 1 aromatic heterocycles. The molecule has 0 aliphatic carbocycles. The third-order valence-corrected chi connectivity index (χ3v) is 4.52. The van der Waals surface area contributed by atoms with E-state index in [4.69, 9.17) is 16.3 Å². The Morgan fingerprint density at radius 1 is 1.47 bits per heavy atom. The lowest BCUT2D eigenvalue weighted by Gasteiger charge is -2.15. The van der Waals surface area contributed by atoms with Crippen molar-refractivity contribution in [3.63, 3.8) is 0 Å². The van der Waals surface area contributed by atoms with Gasteiger partial charge in [-0.3, -0.25) is 4.79 Å². The van der Waals surface area contributed by atoms with Crippen molar-refractivity contribution in [3.05, 3.63) is 27.1 Å². The molecule has 96 valence electrons. The molecule has 4 nitrogen and oxygen atoms in total. The zero-order chi connectivity index (χ0) is 13.1. The molecule has 0 atom stereocenters. The van der Waals surface area contributed by atoms with Crippen LogP contribution in [0.25, 0.3) is 0 Å². The van der Waals surface area contributed by atoms with Gasteiger partial charge in [0.1, 0.15) is 6.73 Å². The van der Waals surface area contributed by atoms with Crippen molar-refractivity contribution in [2.75, 3.05) is 6.61 Å². The molecule has 0 unspecified atom stereocenters. The third kappa shape index (κ3) is 4.61. The molecule has 0 saturated carbocycles. The average Bonchev–Trinajstić information content (AvgIpc) is 2.22. The molecule has 1 rings (SSSR count). The number of hydrogen-bond donors (Lipinski definition) is 0. The first-order valence-corrected chi connectivity index (χ1v) is 9.70. The van der Waals surface area contributed by atoms with Crippen LogP contribution in [-0.4, -0.2) is 24.5 Å². The highest BCUT2D eigenvalue weighted by Crippen LogP contribution is 2.09. The molecule has 0 fully saturated rings. The summed E-state index contributed by atoms with van der Waals surface area (Å²) in [5.41, 5.74) is 0.320. The van der Waals surface area contributed by atoms with Crippen molar-refractivity contribution in [3.8, 4) is 0 Å². The summed E-state index contributed by atoms with van der Waals surface area (Å²) in [6, 6.07) is 1.08. The van der Waals surface area contributed by atoms with Crippen molar-refractivity contribution in [2.45, 2.75) is 39.3 Å². The van der Waals surface area contributed by atoms with Crippen LogP contribution in [0.1, 0.15) is 5.56 Å². The number of halogens is 1. The zero-order valence-corrected chi connectivity index (χ0v) is 12.5.